The molecule has 0 spiro atoms. The van der Waals surface area contributed by atoms with Crippen LogP contribution in [0.25, 0.3) is 0 Å². The number of phenolic OH excluding ortho intramolecular Hbond substituents is 1. The fraction of sp³-hybridized carbons (Fsp3) is 0.133. The van der Waals surface area contributed by atoms with E-state index in [0.29, 0.717) is 17.4 Å². The van der Waals surface area contributed by atoms with Crippen molar-refractivity contribution in [2.24, 2.45) is 0 Å². The van der Waals surface area contributed by atoms with Crippen molar-refractivity contribution >= 4 is 23.0 Å². The number of methoxy groups -OCH3 is 1. The highest BCUT2D eigenvalue weighted by atomic mass is 32.1. The van der Waals surface area contributed by atoms with Gasteiger partial charge in [-0.3, -0.25) is 0 Å². The van der Waals surface area contributed by atoms with Gasteiger partial charge >= 0.3 is 0 Å². The van der Waals surface area contributed by atoms with Gasteiger partial charge in [0.15, 0.2) is 16.6 Å². The summed E-state index contributed by atoms with van der Waals surface area (Å²) in [6.45, 7) is 0.551. The normalized spacial score (nSPS) is 9.85. The Labute approximate surface area is 123 Å². The lowest BCUT2D eigenvalue weighted by atomic mass is 10.2. The van der Waals surface area contributed by atoms with E-state index in [-0.39, 0.29) is 5.75 Å². The van der Waals surface area contributed by atoms with Gasteiger partial charge in [-0.15, -0.1) is 0 Å². The number of aromatic hydroxyl groups is 1. The maximum absolute atomic E-state index is 9.52. The van der Waals surface area contributed by atoms with Crippen molar-refractivity contribution in [3.63, 3.8) is 0 Å². The van der Waals surface area contributed by atoms with Gasteiger partial charge in [-0.25, -0.2) is 0 Å². The number of nitrogens with one attached hydrogen (secondary N) is 2. The van der Waals surface area contributed by atoms with E-state index in [1.54, 1.807) is 12.1 Å². The number of rotatable bonds is 4. The predicted molar refractivity (Wildman–Crippen MR) is 84.2 cm³/mol. The van der Waals surface area contributed by atoms with E-state index in [0.717, 1.165) is 11.3 Å². The summed E-state index contributed by atoms with van der Waals surface area (Å²) in [5.74, 6) is 0.576. The molecule has 0 heterocycles. The summed E-state index contributed by atoms with van der Waals surface area (Å²) in [4.78, 5) is 0. The monoisotopic (exact) mass is 288 g/mol. The largest absolute Gasteiger partial charge is 0.504 e. The molecule has 0 saturated heterocycles. The number of thiocarbonyl (C=S) groups is 1. The topological polar surface area (TPSA) is 53.5 Å². The zero-order valence-corrected chi connectivity index (χ0v) is 11.9. The van der Waals surface area contributed by atoms with Crippen molar-refractivity contribution in [1.82, 2.24) is 5.32 Å². The maximum atomic E-state index is 9.52. The van der Waals surface area contributed by atoms with E-state index in [4.69, 9.17) is 17.0 Å². The molecule has 0 fully saturated rings. The highest BCUT2D eigenvalue weighted by Gasteiger charge is 2.03. The molecule has 0 aliphatic carbocycles. The first kappa shape index (κ1) is 14.1. The molecule has 0 radical (unpaired) electrons. The van der Waals surface area contributed by atoms with E-state index < -0.39 is 0 Å². The molecule has 0 aliphatic rings. The van der Waals surface area contributed by atoms with Crippen LogP contribution in [0.2, 0.25) is 0 Å². The van der Waals surface area contributed by atoms with Crippen molar-refractivity contribution < 1.29 is 9.84 Å². The van der Waals surface area contributed by atoms with Crippen molar-refractivity contribution in [1.29, 1.82) is 0 Å². The van der Waals surface area contributed by atoms with Gasteiger partial charge in [0, 0.05) is 12.2 Å². The Morgan fingerprint density at radius 3 is 2.65 bits per heavy atom. The van der Waals surface area contributed by atoms with Crippen LogP contribution in [0, 0.1) is 0 Å². The summed E-state index contributed by atoms with van der Waals surface area (Å²) in [6, 6.07) is 14.9. The first-order chi connectivity index (χ1) is 9.69. The van der Waals surface area contributed by atoms with E-state index in [1.165, 1.54) is 7.11 Å². The maximum Gasteiger partial charge on any atom is 0.171 e. The molecule has 0 bridgehead atoms. The Hall–Kier alpha value is -2.27. The van der Waals surface area contributed by atoms with Crippen LogP contribution in [0.15, 0.2) is 48.5 Å². The molecule has 20 heavy (non-hydrogen) atoms. The minimum absolute atomic E-state index is 0.126. The van der Waals surface area contributed by atoms with Crippen LogP contribution in [0.4, 0.5) is 5.69 Å². The van der Waals surface area contributed by atoms with Crippen LogP contribution in [0.5, 0.6) is 11.5 Å². The zero-order chi connectivity index (χ0) is 14.4. The first-order valence-corrected chi connectivity index (χ1v) is 6.55. The molecule has 0 saturated carbocycles. The van der Waals surface area contributed by atoms with Gasteiger partial charge in [0.25, 0.3) is 0 Å². The Bertz CT molecular complexity index is 588. The second-order valence-corrected chi connectivity index (χ2v) is 4.59. The molecular formula is C15H16N2O2S. The van der Waals surface area contributed by atoms with Crippen molar-refractivity contribution in [3.05, 3.63) is 54.1 Å². The Morgan fingerprint density at radius 1 is 1.20 bits per heavy atom. The van der Waals surface area contributed by atoms with Crippen LogP contribution in [-0.2, 0) is 6.54 Å². The molecule has 5 heteroatoms. The third-order valence-corrected chi connectivity index (χ3v) is 2.98. The average molecular weight is 288 g/mol. The summed E-state index contributed by atoms with van der Waals surface area (Å²) in [6.07, 6.45) is 0. The number of benzene rings is 2. The fourth-order valence-corrected chi connectivity index (χ4v) is 1.90. The smallest absolute Gasteiger partial charge is 0.171 e. The Kier molecular flexibility index (Phi) is 4.79. The quantitative estimate of drug-likeness (QED) is 0.755. The van der Waals surface area contributed by atoms with Crippen molar-refractivity contribution in [2.75, 3.05) is 12.4 Å². The van der Waals surface area contributed by atoms with E-state index in [9.17, 15) is 5.11 Å². The SMILES string of the molecule is COc1cc(CNC(=S)Nc2ccccc2)ccc1O. The zero-order valence-electron chi connectivity index (χ0n) is 11.1. The van der Waals surface area contributed by atoms with Crippen LogP contribution < -0.4 is 15.4 Å². The third kappa shape index (κ3) is 3.86. The highest BCUT2D eigenvalue weighted by Crippen LogP contribution is 2.26. The molecule has 0 aliphatic heterocycles. The summed E-state index contributed by atoms with van der Waals surface area (Å²) in [5.41, 5.74) is 1.91. The molecule has 2 rings (SSSR count). The molecule has 0 aromatic heterocycles. The van der Waals surface area contributed by atoms with Gasteiger partial charge in [-0.2, -0.15) is 0 Å². The van der Waals surface area contributed by atoms with Crippen LogP contribution in [0.3, 0.4) is 0 Å². The molecule has 0 atom stereocenters. The average Bonchev–Trinajstić information content (AvgIpc) is 2.47. The number of anilines is 1. The predicted octanol–water partition coefficient (Wildman–Crippen LogP) is 2.89. The summed E-state index contributed by atoms with van der Waals surface area (Å²) in [5, 5.41) is 16.3. The lowest BCUT2D eigenvalue weighted by molar-refractivity contribution is 0.373. The lowest BCUT2D eigenvalue weighted by Crippen LogP contribution is -2.27. The third-order valence-electron chi connectivity index (χ3n) is 2.73. The lowest BCUT2D eigenvalue weighted by Gasteiger charge is -2.11. The molecule has 0 unspecified atom stereocenters. The summed E-state index contributed by atoms with van der Waals surface area (Å²) >= 11 is 5.22. The second kappa shape index (κ2) is 6.77. The van der Waals surface area contributed by atoms with Crippen LogP contribution in [0.1, 0.15) is 5.56 Å². The molecule has 0 amide bonds. The molecule has 2 aromatic carbocycles. The van der Waals surface area contributed by atoms with Gasteiger partial charge in [0.05, 0.1) is 7.11 Å². The fourth-order valence-electron chi connectivity index (χ4n) is 1.71. The van der Waals surface area contributed by atoms with Crippen molar-refractivity contribution in [3.8, 4) is 11.5 Å². The van der Waals surface area contributed by atoms with E-state index >= 15 is 0 Å². The molecule has 3 N–H and O–H groups in total. The Morgan fingerprint density at radius 2 is 1.95 bits per heavy atom. The summed E-state index contributed by atoms with van der Waals surface area (Å²) < 4.78 is 5.06. The first-order valence-electron chi connectivity index (χ1n) is 6.15. The molecular weight excluding hydrogens is 272 g/mol. The minimum Gasteiger partial charge on any atom is -0.504 e. The van der Waals surface area contributed by atoms with Gasteiger partial charge in [-0.05, 0) is 42.0 Å². The van der Waals surface area contributed by atoms with E-state index in [1.807, 2.05) is 36.4 Å². The van der Waals surface area contributed by atoms with Gasteiger partial charge in [-0.1, -0.05) is 24.3 Å². The van der Waals surface area contributed by atoms with Crippen LogP contribution >= 0.6 is 12.2 Å². The second-order valence-electron chi connectivity index (χ2n) is 4.18. The standard InChI is InChI=1S/C15H16N2O2S/c1-19-14-9-11(7-8-13(14)18)10-16-15(20)17-12-5-3-2-4-6-12/h2-9,18H,10H2,1H3,(H2,16,17,20). The Balaban J connectivity index is 1.90. The molecule has 4 nitrogen and oxygen atoms in total. The number of para-hydroxylation sites is 1. The number of hydrogen-bond donors (Lipinski definition) is 3. The van der Waals surface area contributed by atoms with E-state index in [2.05, 4.69) is 10.6 Å². The molecule has 104 valence electrons. The number of hydrogen-bond acceptors (Lipinski definition) is 3. The number of ether oxygens (including phenoxy) is 1. The van der Waals surface area contributed by atoms with Gasteiger partial charge in [0.2, 0.25) is 0 Å². The summed E-state index contributed by atoms with van der Waals surface area (Å²) in [7, 11) is 1.52. The minimum atomic E-state index is 0.126. The van der Waals surface area contributed by atoms with Crippen LogP contribution in [-0.4, -0.2) is 17.3 Å². The molecule has 2 aromatic rings. The highest BCUT2D eigenvalue weighted by molar-refractivity contribution is 7.80. The van der Waals surface area contributed by atoms with Gasteiger partial charge in [0.1, 0.15) is 0 Å². The number of phenols is 1. The van der Waals surface area contributed by atoms with Crippen molar-refractivity contribution in [2.45, 2.75) is 6.54 Å². The van der Waals surface area contributed by atoms with Gasteiger partial charge < -0.3 is 20.5 Å².